The average Bonchev–Trinajstić information content (AvgIpc) is 2.46. The van der Waals surface area contributed by atoms with E-state index in [9.17, 15) is 5.11 Å². The minimum absolute atomic E-state index is 0.481. The van der Waals surface area contributed by atoms with E-state index in [0.717, 1.165) is 19.4 Å². The Morgan fingerprint density at radius 1 is 1.05 bits per heavy atom. The Labute approximate surface area is 123 Å². The van der Waals surface area contributed by atoms with Gasteiger partial charge in [-0.15, -0.1) is 0 Å². The SMILES string of the molecule is CCCC(CCC)COc1cccc([C@H](O)CCC)n1. The highest BCUT2D eigenvalue weighted by Gasteiger charge is 2.11. The highest BCUT2D eigenvalue weighted by Crippen LogP contribution is 2.20. The van der Waals surface area contributed by atoms with E-state index >= 15 is 0 Å². The van der Waals surface area contributed by atoms with Gasteiger partial charge in [-0.2, -0.15) is 0 Å². The van der Waals surface area contributed by atoms with E-state index < -0.39 is 6.10 Å². The molecule has 0 saturated carbocycles. The van der Waals surface area contributed by atoms with Crippen molar-refractivity contribution in [1.29, 1.82) is 0 Å². The van der Waals surface area contributed by atoms with E-state index in [1.165, 1.54) is 25.7 Å². The van der Waals surface area contributed by atoms with Gasteiger partial charge in [0.25, 0.3) is 0 Å². The Balaban J connectivity index is 2.56. The molecule has 0 radical (unpaired) electrons. The molecule has 1 heterocycles. The van der Waals surface area contributed by atoms with Crippen LogP contribution in [0.25, 0.3) is 0 Å². The van der Waals surface area contributed by atoms with Crippen molar-refractivity contribution in [3.05, 3.63) is 23.9 Å². The molecule has 0 bridgehead atoms. The second kappa shape index (κ2) is 9.76. The van der Waals surface area contributed by atoms with Crippen molar-refractivity contribution in [2.75, 3.05) is 6.61 Å². The van der Waals surface area contributed by atoms with Gasteiger partial charge in [-0.05, 0) is 31.2 Å². The molecular weight excluding hydrogens is 250 g/mol. The lowest BCUT2D eigenvalue weighted by atomic mass is 9.99. The molecule has 114 valence electrons. The molecule has 0 aromatic carbocycles. The van der Waals surface area contributed by atoms with Gasteiger partial charge < -0.3 is 9.84 Å². The van der Waals surface area contributed by atoms with E-state index in [0.29, 0.717) is 17.5 Å². The maximum atomic E-state index is 9.97. The van der Waals surface area contributed by atoms with Crippen LogP contribution in [0.1, 0.15) is 71.1 Å². The highest BCUT2D eigenvalue weighted by atomic mass is 16.5. The van der Waals surface area contributed by atoms with Gasteiger partial charge in [0.05, 0.1) is 18.4 Å². The molecule has 1 aromatic rings. The van der Waals surface area contributed by atoms with Gasteiger partial charge in [0.15, 0.2) is 0 Å². The normalized spacial score (nSPS) is 12.7. The van der Waals surface area contributed by atoms with Crippen molar-refractivity contribution in [2.45, 2.75) is 65.4 Å². The Bertz CT molecular complexity index is 362. The van der Waals surface area contributed by atoms with Gasteiger partial charge in [0, 0.05) is 6.07 Å². The summed E-state index contributed by atoms with van der Waals surface area (Å²) in [6.07, 6.45) is 5.99. The van der Waals surface area contributed by atoms with Crippen LogP contribution in [0, 0.1) is 5.92 Å². The van der Waals surface area contributed by atoms with Crippen molar-refractivity contribution in [2.24, 2.45) is 5.92 Å². The molecular formula is C17H29NO2. The zero-order valence-corrected chi connectivity index (χ0v) is 13.1. The predicted molar refractivity (Wildman–Crippen MR) is 82.9 cm³/mol. The molecule has 1 N–H and O–H groups in total. The molecule has 3 nitrogen and oxygen atoms in total. The van der Waals surface area contributed by atoms with Crippen LogP contribution >= 0.6 is 0 Å². The molecule has 20 heavy (non-hydrogen) atoms. The third-order valence-electron chi connectivity index (χ3n) is 3.51. The van der Waals surface area contributed by atoms with Gasteiger partial charge in [-0.3, -0.25) is 0 Å². The van der Waals surface area contributed by atoms with Crippen molar-refractivity contribution in [1.82, 2.24) is 4.98 Å². The van der Waals surface area contributed by atoms with Crippen molar-refractivity contribution in [3.8, 4) is 5.88 Å². The maximum Gasteiger partial charge on any atom is 0.213 e. The predicted octanol–water partition coefficient (Wildman–Crippen LogP) is 4.51. The van der Waals surface area contributed by atoms with Crippen LogP contribution in [0.15, 0.2) is 18.2 Å². The Hall–Kier alpha value is -1.09. The number of aromatic nitrogens is 1. The fourth-order valence-electron chi connectivity index (χ4n) is 2.45. The lowest BCUT2D eigenvalue weighted by molar-refractivity contribution is 0.159. The number of aliphatic hydroxyl groups is 1. The van der Waals surface area contributed by atoms with Crippen molar-refractivity contribution >= 4 is 0 Å². The first-order valence-electron chi connectivity index (χ1n) is 7.99. The smallest absolute Gasteiger partial charge is 0.213 e. The van der Waals surface area contributed by atoms with Gasteiger partial charge in [0.2, 0.25) is 5.88 Å². The van der Waals surface area contributed by atoms with Crippen LogP contribution < -0.4 is 4.74 Å². The van der Waals surface area contributed by atoms with E-state index in [-0.39, 0.29) is 0 Å². The number of hydrogen-bond acceptors (Lipinski definition) is 3. The molecule has 0 amide bonds. The summed E-state index contributed by atoms with van der Waals surface area (Å²) in [7, 11) is 0. The molecule has 0 aliphatic heterocycles. The summed E-state index contributed by atoms with van der Waals surface area (Å²) in [6.45, 7) is 7.21. The van der Waals surface area contributed by atoms with Crippen LogP contribution in [0.3, 0.4) is 0 Å². The fraction of sp³-hybridized carbons (Fsp3) is 0.706. The first kappa shape index (κ1) is 17.0. The molecule has 0 spiro atoms. The van der Waals surface area contributed by atoms with Gasteiger partial charge >= 0.3 is 0 Å². The fourth-order valence-corrected chi connectivity index (χ4v) is 2.45. The van der Waals surface area contributed by atoms with Crippen LogP contribution in [0.4, 0.5) is 0 Å². The standard InChI is InChI=1S/C17H29NO2/c1-4-8-14(9-5-2)13-20-17-12-7-11-15(18-17)16(19)10-6-3/h7,11-12,14,16,19H,4-6,8-10,13H2,1-3H3/t16-/m1/s1. The van der Waals surface area contributed by atoms with E-state index in [2.05, 4.69) is 25.8 Å². The minimum Gasteiger partial charge on any atom is -0.477 e. The van der Waals surface area contributed by atoms with Gasteiger partial charge in [0.1, 0.15) is 0 Å². The number of hydrogen-bond donors (Lipinski definition) is 1. The summed E-state index contributed by atoms with van der Waals surface area (Å²) in [5.41, 5.74) is 0.715. The summed E-state index contributed by atoms with van der Waals surface area (Å²) in [6, 6.07) is 5.64. The Morgan fingerprint density at radius 3 is 2.30 bits per heavy atom. The highest BCUT2D eigenvalue weighted by molar-refractivity contribution is 5.17. The molecule has 0 unspecified atom stereocenters. The van der Waals surface area contributed by atoms with E-state index in [1.54, 1.807) is 0 Å². The van der Waals surface area contributed by atoms with Crippen LogP contribution in [0.5, 0.6) is 5.88 Å². The van der Waals surface area contributed by atoms with E-state index in [4.69, 9.17) is 4.74 Å². The zero-order chi connectivity index (χ0) is 14.8. The molecule has 0 aliphatic rings. The molecule has 0 saturated heterocycles. The quantitative estimate of drug-likeness (QED) is 0.685. The number of pyridine rings is 1. The largest absolute Gasteiger partial charge is 0.477 e. The third kappa shape index (κ3) is 5.91. The van der Waals surface area contributed by atoms with Crippen LogP contribution in [0.2, 0.25) is 0 Å². The lowest BCUT2D eigenvalue weighted by Crippen LogP contribution is -2.13. The molecule has 0 fully saturated rings. The summed E-state index contributed by atoms with van der Waals surface area (Å²) >= 11 is 0. The second-order valence-electron chi connectivity index (χ2n) is 5.46. The second-order valence-corrected chi connectivity index (χ2v) is 5.46. The van der Waals surface area contributed by atoms with Crippen molar-refractivity contribution < 1.29 is 9.84 Å². The van der Waals surface area contributed by atoms with E-state index in [1.807, 2.05) is 18.2 Å². The topological polar surface area (TPSA) is 42.4 Å². The molecule has 0 aliphatic carbocycles. The van der Waals surface area contributed by atoms with Crippen LogP contribution in [-0.4, -0.2) is 16.7 Å². The summed E-state index contributed by atoms with van der Waals surface area (Å²) < 4.78 is 5.82. The number of aliphatic hydroxyl groups excluding tert-OH is 1. The molecule has 3 heteroatoms. The summed E-state index contributed by atoms with van der Waals surface area (Å²) in [4.78, 5) is 4.41. The summed E-state index contributed by atoms with van der Waals surface area (Å²) in [5.74, 6) is 1.24. The van der Waals surface area contributed by atoms with Crippen molar-refractivity contribution in [3.63, 3.8) is 0 Å². The van der Waals surface area contributed by atoms with Gasteiger partial charge in [-0.1, -0.05) is 46.1 Å². The lowest BCUT2D eigenvalue weighted by Gasteiger charge is -2.16. The Morgan fingerprint density at radius 2 is 1.70 bits per heavy atom. The average molecular weight is 279 g/mol. The minimum atomic E-state index is -0.481. The third-order valence-corrected chi connectivity index (χ3v) is 3.51. The van der Waals surface area contributed by atoms with Gasteiger partial charge in [-0.25, -0.2) is 4.98 Å². The number of rotatable bonds is 10. The molecule has 1 rings (SSSR count). The molecule has 1 atom stereocenters. The van der Waals surface area contributed by atoms with Crippen LogP contribution in [-0.2, 0) is 0 Å². The maximum absolute atomic E-state index is 9.97. The summed E-state index contributed by atoms with van der Waals surface area (Å²) in [5, 5.41) is 9.97. The number of ether oxygens (including phenoxy) is 1. The zero-order valence-electron chi connectivity index (χ0n) is 13.1. The first-order chi connectivity index (χ1) is 9.71. The monoisotopic (exact) mass is 279 g/mol. The molecule has 1 aromatic heterocycles. The first-order valence-corrected chi connectivity index (χ1v) is 7.99. The Kier molecular flexibility index (Phi) is 8.28. The number of nitrogens with zero attached hydrogens (tertiary/aromatic N) is 1.